The highest BCUT2D eigenvalue weighted by Crippen LogP contribution is 2.28. The van der Waals surface area contributed by atoms with Gasteiger partial charge in [0, 0.05) is 13.1 Å². The van der Waals surface area contributed by atoms with Crippen molar-refractivity contribution >= 4 is 27.5 Å². The Hall–Kier alpha value is -1.31. The lowest BCUT2D eigenvalue weighted by atomic mass is 10.2. The van der Waals surface area contributed by atoms with Gasteiger partial charge in [0.05, 0.1) is 23.1 Å². The molecule has 1 aromatic rings. The van der Waals surface area contributed by atoms with Crippen molar-refractivity contribution in [2.45, 2.75) is 43.5 Å². The highest BCUT2D eigenvalue weighted by molar-refractivity contribution is 7.89. The molecule has 1 aliphatic rings. The fourth-order valence-electron chi connectivity index (χ4n) is 2.73. The van der Waals surface area contributed by atoms with Gasteiger partial charge in [0.15, 0.2) is 0 Å². The van der Waals surface area contributed by atoms with Gasteiger partial charge in [-0.25, -0.2) is 8.42 Å². The van der Waals surface area contributed by atoms with Gasteiger partial charge in [0.2, 0.25) is 15.9 Å². The van der Waals surface area contributed by atoms with Crippen molar-refractivity contribution in [1.29, 1.82) is 0 Å². The molecule has 0 unspecified atom stereocenters. The van der Waals surface area contributed by atoms with E-state index in [1.165, 1.54) is 25.2 Å². The Morgan fingerprint density at radius 3 is 2.62 bits per heavy atom. The second kappa shape index (κ2) is 8.18. The molecule has 24 heavy (non-hydrogen) atoms. The number of benzene rings is 1. The number of carbonyl (C=O) groups is 1. The summed E-state index contributed by atoms with van der Waals surface area (Å²) >= 11 is 6.05. The van der Waals surface area contributed by atoms with E-state index in [0.29, 0.717) is 12.4 Å². The molecule has 0 saturated heterocycles. The average Bonchev–Trinajstić information content (AvgIpc) is 3.02. The topological polar surface area (TPSA) is 75.7 Å². The van der Waals surface area contributed by atoms with Crippen molar-refractivity contribution in [2.24, 2.45) is 0 Å². The maximum Gasteiger partial charge on any atom is 0.243 e. The van der Waals surface area contributed by atoms with Gasteiger partial charge in [0.1, 0.15) is 5.75 Å². The van der Waals surface area contributed by atoms with E-state index in [2.05, 4.69) is 5.32 Å². The molecule has 0 bridgehead atoms. The van der Waals surface area contributed by atoms with Crippen molar-refractivity contribution in [2.75, 3.05) is 20.2 Å². The van der Waals surface area contributed by atoms with Crippen LogP contribution in [0.3, 0.4) is 0 Å². The van der Waals surface area contributed by atoms with Crippen LogP contribution in [0.5, 0.6) is 5.75 Å². The maximum absolute atomic E-state index is 12.6. The van der Waals surface area contributed by atoms with Crippen LogP contribution in [0.15, 0.2) is 23.1 Å². The van der Waals surface area contributed by atoms with Crippen LogP contribution in [0.1, 0.15) is 32.6 Å². The van der Waals surface area contributed by atoms with E-state index < -0.39 is 10.0 Å². The zero-order valence-electron chi connectivity index (χ0n) is 13.9. The minimum atomic E-state index is -3.79. The summed E-state index contributed by atoms with van der Waals surface area (Å²) in [6.07, 6.45) is 4.11. The minimum absolute atomic E-state index is 0.0344. The van der Waals surface area contributed by atoms with Crippen LogP contribution in [0.4, 0.5) is 0 Å². The summed E-state index contributed by atoms with van der Waals surface area (Å²) in [4.78, 5) is 12.1. The van der Waals surface area contributed by atoms with Crippen molar-refractivity contribution in [1.82, 2.24) is 9.62 Å². The van der Waals surface area contributed by atoms with Crippen LogP contribution < -0.4 is 10.1 Å². The number of likely N-dealkylation sites (N-methyl/N-ethyl adjacent to an activating group) is 1. The first kappa shape index (κ1) is 19.0. The molecule has 0 atom stereocenters. The Labute approximate surface area is 148 Å². The van der Waals surface area contributed by atoms with Crippen LogP contribution in [0.25, 0.3) is 0 Å². The SMILES string of the molecule is CCOc1ccc(S(=O)(=O)N(C)CC(=O)NC2CCCC2)cc1Cl. The van der Waals surface area contributed by atoms with E-state index in [1.54, 1.807) is 0 Å². The van der Waals surface area contributed by atoms with Crippen LogP contribution in [-0.4, -0.2) is 44.9 Å². The van der Waals surface area contributed by atoms with E-state index in [9.17, 15) is 13.2 Å². The summed E-state index contributed by atoms with van der Waals surface area (Å²) in [5, 5.41) is 3.10. The van der Waals surface area contributed by atoms with Gasteiger partial charge in [-0.1, -0.05) is 24.4 Å². The lowest BCUT2D eigenvalue weighted by molar-refractivity contribution is -0.121. The Kier molecular flexibility index (Phi) is 6.48. The summed E-state index contributed by atoms with van der Waals surface area (Å²) in [6.45, 7) is 2.04. The van der Waals surface area contributed by atoms with Gasteiger partial charge >= 0.3 is 0 Å². The van der Waals surface area contributed by atoms with Crippen molar-refractivity contribution in [3.63, 3.8) is 0 Å². The monoisotopic (exact) mass is 374 g/mol. The highest BCUT2D eigenvalue weighted by atomic mass is 35.5. The molecular weight excluding hydrogens is 352 g/mol. The van der Waals surface area contributed by atoms with Gasteiger partial charge in [-0.2, -0.15) is 4.31 Å². The molecular formula is C16H23ClN2O4S. The van der Waals surface area contributed by atoms with Crippen molar-refractivity contribution in [3.8, 4) is 5.75 Å². The number of sulfonamides is 1. The summed E-state index contributed by atoms with van der Waals surface area (Å²) < 4.78 is 31.5. The highest BCUT2D eigenvalue weighted by Gasteiger charge is 2.25. The normalized spacial score (nSPS) is 15.7. The third-order valence-corrected chi connectivity index (χ3v) is 6.09. The maximum atomic E-state index is 12.6. The lowest BCUT2D eigenvalue weighted by Gasteiger charge is -2.19. The Balaban J connectivity index is 2.05. The third-order valence-electron chi connectivity index (χ3n) is 4.00. The number of amides is 1. The van der Waals surface area contributed by atoms with E-state index in [4.69, 9.17) is 16.3 Å². The first-order chi connectivity index (χ1) is 11.3. The largest absolute Gasteiger partial charge is 0.492 e. The van der Waals surface area contributed by atoms with E-state index in [1.807, 2.05) is 6.92 Å². The van der Waals surface area contributed by atoms with Gasteiger partial charge in [0.25, 0.3) is 0 Å². The Morgan fingerprint density at radius 1 is 1.38 bits per heavy atom. The number of hydrogen-bond donors (Lipinski definition) is 1. The summed E-state index contributed by atoms with van der Waals surface area (Å²) in [7, 11) is -2.41. The number of ether oxygens (including phenoxy) is 1. The predicted molar refractivity (Wildman–Crippen MR) is 92.8 cm³/mol. The molecule has 0 aromatic heterocycles. The molecule has 1 aromatic carbocycles. The number of nitrogens with one attached hydrogen (secondary N) is 1. The number of hydrogen-bond acceptors (Lipinski definition) is 4. The standard InChI is InChI=1S/C16H23ClN2O4S/c1-3-23-15-9-8-13(10-14(15)17)24(21,22)19(2)11-16(20)18-12-6-4-5-7-12/h8-10,12H,3-7,11H2,1-2H3,(H,18,20). The first-order valence-corrected chi connectivity index (χ1v) is 9.84. The molecule has 1 fully saturated rings. The molecule has 2 rings (SSSR count). The molecule has 1 N–H and O–H groups in total. The first-order valence-electron chi connectivity index (χ1n) is 8.02. The molecule has 6 nitrogen and oxygen atoms in total. The van der Waals surface area contributed by atoms with Gasteiger partial charge in [-0.3, -0.25) is 4.79 Å². The van der Waals surface area contributed by atoms with Crippen LogP contribution in [-0.2, 0) is 14.8 Å². The van der Waals surface area contributed by atoms with Gasteiger partial charge in [-0.05, 0) is 38.0 Å². The molecule has 1 aliphatic carbocycles. The zero-order chi connectivity index (χ0) is 17.7. The molecule has 0 spiro atoms. The molecule has 134 valence electrons. The number of nitrogens with zero attached hydrogens (tertiary/aromatic N) is 1. The van der Waals surface area contributed by atoms with Crippen LogP contribution in [0.2, 0.25) is 5.02 Å². The fraction of sp³-hybridized carbons (Fsp3) is 0.562. The smallest absolute Gasteiger partial charge is 0.243 e. The van der Waals surface area contributed by atoms with E-state index in [-0.39, 0.29) is 28.4 Å². The lowest BCUT2D eigenvalue weighted by Crippen LogP contribution is -2.41. The summed E-state index contributed by atoms with van der Waals surface area (Å²) in [5.41, 5.74) is 0. The number of carbonyl (C=O) groups excluding carboxylic acids is 1. The molecule has 1 saturated carbocycles. The van der Waals surface area contributed by atoms with Crippen molar-refractivity contribution in [3.05, 3.63) is 23.2 Å². The number of halogens is 1. The summed E-state index contributed by atoms with van der Waals surface area (Å²) in [6, 6.07) is 4.45. The minimum Gasteiger partial charge on any atom is -0.492 e. The fourth-order valence-corrected chi connectivity index (χ4v) is 4.18. The van der Waals surface area contributed by atoms with Gasteiger partial charge < -0.3 is 10.1 Å². The van der Waals surface area contributed by atoms with Crippen LogP contribution in [0, 0.1) is 0 Å². The van der Waals surface area contributed by atoms with E-state index in [0.717, 1.165) is 30.0 Å². The van der Waals surface area contributed by atoms with Gasteiger partial charge in [-0.15, -0.1) is 0 Å². The van der Waals surface area contributed by atoms with E-state index >= 15 is 0 Å². The Morgan fingerprint density at radius 2 is 2.04 bits per heavy atom. The molecule has 1 amide bonds. The number of rotatable bonds is 7. The third kappa shape index (κ3) is 4.62. The molecule has 0 heterocycles. The Bertz CT molecular complexity index is 687. The second-order valence-electron chi connectivity index (χ2n) is 5.84. The van der Waals surface area contributed by atoms with Crippen molar-refractivity contribution < 1.29 is 17.9 Å². The zero-order valence-corrected chi connectivity index (χ0v) is 15.5. The average molecular weight is 375 g/mol. The van der Waals surface area contributed by atoms with Crippen LogP contribution >= 0.6 is 11.6 Å². The second-order valence-corrected chi connectivity index (χ2v) is 8.29. The predicted octanol–water partition coefficient (Wildman–Crippen LogP) is 2.42. The quantitative estimate of drug-likeness (QED) is 0.795. The molecule has 8 heteroatoms. The molecule has 0 aliphatic heterocycles. The molecule has 0 radical (unpaired) electrons. The summed E-state index contributed by atoms with van der Waals surface area (Å²) in [5.74, 6) is 0.143.